The molecule has 7 heteroatoms. The molecule has 0 saturated heterocycles. The monoisotopic (exact) mass is 331 g/mol. The van der Waals surface area contributed by atoms with Crippen LogP contribution in [-0.4, -0.2) is 64.8 Å². The molecule has 0 aliphatic carbocycles. The second-order valence-electron chi connectivity index (χ2n) is 6.32. The van der Waals surface area contributed by atoms with Gasteiger partial charge in [-0.1, -0.05) is 0 Å². The smallest absolute Gasteiger partial charge is 0.193 e. The van der Waals surface area contributed by atoms with Crippen LogP contribution in [0.5, 0.6) is 0 Å². The number of nitrogens with zero attached hydrogens (tertiary/aromatic N) is 6. The molecule has 1 unspecified atom stereocenters. The number of aliphatic imine (C=N–C) groups is 1. The minimum atomic E-state index is 0.235. The van der Waals surface area contributed by atoms with Crippen molar-refractivity contribution in [3.05, 3.63) is 42.0 Å². The van der Waals surface area contributed by atoms with E-state index in [9.17, 15) is 0 Å². The maximum Gasteiger partial charge on any atom is 0.193 e. The zero-order valence-corrected chi connectivity index (χ0v) is 15.6. The second-order valence-corrected chi connectivity index (χ2v) is 6.32. The molecule has 0 saturated carbocycles. The summed E-state index contributed by atoms with van der Waals surface area (Å²) >= 11 is 0. The second kappa shape index (κ2) is 8.01. The Bertz CT molecular complexity index is 668. The number of aromatic nitrogens is 3. The lowest BCUT2D eigenvalue weighted by Crippen LogP contribution is -2.42. The van der Waals surface area contributed by atoms with Crippen LogP contribution in [0, 0.1) is 0 Å². The Morgan fingerprint density at radius 3 is 2.58 bits per heavy atom. The van der Waals surface area contributed by atoms with Gasteiger partial charge in [0.25, 0.3) is 0 Å². The van der Waals surface area contributed by atoms with E-state index >= 15 is 0 Å². The molecule has 7 nitrogen and oxygen atoms in total. The van der Waals surface area contributed by atoms with Gasteiger partial charge in [-0.25, -0.2) is 0 Å². The highest BCUT2D eigenvalue weighted by molar-refractivity contribution is 5.79. The third-order valence-corrected chi connectivity index (χ3v) is 4.21. The first-order chi connectivity index (χ1) is 11.4. The molecule has 0 bridgehead atoms. The van der Waals surface area contributed by atoms with E-state index in [4.69, 9.17) is 0 Å². The normalized spacial score (nSPS) is 13.4. The highest BCUT2D eigenvalue weighted by atomic mass is 15.3. The van der Waals surface area contributed by atoms with Crippen molar-refractivity contribution in [1.29, 1.82) is 0 Å². The molecule has 132 valence electrons. The van der Waals surface area contributed by atoms with E-state index in [-0.39, 0.29) is 6.04 Å². The zero-order chi connectivity index (χ0) is 17.7. The molecule has 0 spiro atoms. The molecule has 1 N–H and O–H groups in total. The summed E-state index contributed by atoms with van der Waals surface area (Å²) in [5, 5.41) is 7.76. The van der Waals surface area contributed by atoms with Gasteiger partial charge in [0, 0.05) is 58.4 Å². The van der Waals surface area contributed by atoms with Crippen molar-refractivity contribution in [2.24, 2.45) is 19.1 Å². The average Bonchev–Trinajstić information content (AvgIpc) is 3.12. The summed E-state index contributed by atoms with van der Waals surface area (Å²) in [6.45, 7) is 1.57. The van der Waals surface area contributed by atoms with Crippen molar-refractivity contribution in [2.45, 2.75) is 12.6 Å². The first kappa shape index (κ1) is 18.1. The molecule has 2 aromatic rings. The molecule has 0 aliphatic rings. The number of hydrogen-bond acceptors (Lipinski definition) is 3. The molecular formula is C17H29N7. The topological polar surface area (TPSA) is 53.6 Å². The predicted molar refractivity (Wildman–Crippen MR) is 97.9 cm³/mol. The number of likely N-dealkylation sites (N-methyl/N-ethyl adjacent to an activating group) is 1. The molecule has 0 aromatic carbocycles. The molecule has 24 heavy (non-hydrogen) atoms. The minimum Gasteiger partial charge on any atom is -0.354 e. The maximum absolute atomic E-state index is 4.41. The number of hydrogen-bond donors (Lipinski definition) is 1. The Morgan fingerprint density at radius 1 is 1.33 bits per heavy atom. The number of aryl methyl sites for hydroxylation is 2. The van der Waals surface area contributed by atoms with Crippen LogP contribution in [-0.2, 0) is 20.6 Å². The predicted octanol–water partition coefficient (Wildman–Crippen LogP) is 1.07. The van der Waals surface area contributed by atoms with E-state index < -0.39 is 0 Å². The highest BCUT2D eigenvalue weighted by Crippen LogP contribution is 2.16. The van der Waals surface area contributed by atoms with E-state index in [0.717, 1.165) is 19.0 Å². The van der Waals surface area contributed by atoms with Gasteiger partial charge in [-0.2, -0.15) is 5.10 Å². The number of guanidine groups is 1. The summed E-state index contributed by atoms with van der Waals surface area (Å²) in [4.78, 5) is 8.73. The van der Waals surface area contributed by atoms with Gasteiger partial charge in [0.1, 0.15) is 0 Å². The fourth-order valence-electron chi connectivity index (χ4n) is 2.76. The lowest BCUT2D eigenvalue weighted by molar-refractivity contribution is 0.295. The van der Waals surface area contributed by atoms with E-state index in [0.29, 0.717) is 0 Å². The molecule has 0 fully saturated rings. The van der Waals surface area contributed by atoms with Gasteiger partial charge in [-0.3, -0.25) is 9.67 Å². The number of rotatable bonds is 6. The van der Waals surface area contributed by atoms with Crippen molar-refractivity contribution in [3.63, 3.8) is 0 Å². The van der Waals surface area contributed by atoms with Crippen LogP contribution in [0.15, 0.2) is 35.7 Å². The van der Waals surface area contributed by atoms with E-state index in [1.54, 1.807) is 0 Å². The summed E-state index contributed by atoms with van der Waals surface area (Å²) < 4.78 is 3.96. The van der Waals surface area contributed by atoms with E-state index in [1.165, 1.54) is 11.3 Å². The van der Waals surface area contributed by atoms with Crippen LogP contribution in [0.1, 0.15) is 17.3 Å². The van der Waals surface area contributed by atoms with Gasteiger partial charge in [-0.05, 0) is 26.2 Å². The summed E-state index contributed by atoms with van der Waals surface area (Å²) in [6, 6.07) is 4.42. The molecule has 2 aromatic heterocycles. The van der Waals surface area contributed by atoms with Gasteiger partial charge >= 0.3 is 0 Å². The Balaban J connectivity index is 2.00. The van der Waals surface area contributed by atoms with Gasteiger partial charge in [-0.15, -0.1) is 0 Å². The Morgan fingerprint density at radius 2 is 2.08 bits per heavy atom. The van der Waals surface area contributed by atoms with Crippen molar-refractivity contribution in [1.82, 2.24) is 29.5 Å². The Hall–Kier alpha value is -2.28. The van der Waals surface area contributed by atoms with Crippen molar-refractivity contribution in [3.8, 4) is 0 Å². The third kappa shape index (κ3) is 4.38. The average molecular weight is 331 g/mol. The van der Waals surface area contributed by atoms with Crippen molar-refractivity contribution >= 4 is 5.96 Å². The third-order valence-electron chi connectivity index (χ3n) is 4.21. The van der Waals surface area contributed by atoms with Crippen LogP contribution in [0.4, 0.5) is 0 Å². The molecule has 0 amide bonds. The minimum absolute atomic E-state index is 0.235. The first-order valence-electron chi connectivity index (χ1n) is 8.09. The number of nitrogens with one attached hydrogen (secondary N) is 1. The molecule has 1 atom stereocenters. The summed E-state index contributed by atoms with van der Waals surface area (Å²) in [5.74, 6) is 0.881. The SMILES string of the molecule is CN=C(NCC(c1cnn(C)c1)N(C)C)N(C)Cc1cccn1C. The van der Waals surface area contributed by atoms with Gasteiger partial charge in [0.05, 0.1) is 18.8 Å². The standard InChI is InChI=1S/C17H29N7/c1-18-17(23(5)13-15-8-7-9-22(15)4)19-11-16(21(2)3)14-10-20-24(6)12-14/h7-10,12,16H,11,13H2,1-6H3,(H,18,19). The van der Waals surface area contributed by atoms with Crippen molar-refractivity contribution < 1.29 is 0 Å². The highest BCUT2D eigenvalue weighted by Gasteiger charge is 2.17. The molecule has 0 radical (unpaired) electrons. The molecule has 2 heterocycles. The van der Waals surface area contributed by atoms with Gasteiger partial charge < -0.3 is 19.7 Å². The van der Waals surface area contributed by atoms with Crippen LogP contribution < -0.4 is 5.32 Å². The quantitative estimate of drug-likeness (QED) is 0.635. The van der Waals surface area contributed by atoms with Crippen LogP contribution in [0.3, 0.4) is 0 Å². The Labute approximate surface area is 144 Å². The fourth-order valence-corrected chi connectivity index (χ4v) is 2.76. The first-order valence-corrected chi connectivity index (χ1v) is 8.09. The van der Waals surface area contributed by atoms with Crippen LogP contribution in [0.25, 0.3) is 0 Å². The van der Waals surface area contributed by atoms with E-state index in [1.807, 2.05) is 25.0 Å². The maximum atomic E-state index is 4.41. The summed E-state index contributed by atoms with van der Waals surface area (Å²) in [7, 11) is 12.0. The molecule has 2 rings (SSSR count). The fraction of sp³-hybridized carbons (Fsp3) is 0.529. The zero-order valence-electron chi connectivity index (χ0n) is 15.6. The Kier molecular flexibility index (Phi) is 6.03. The summed E-state index contributed by atoms with van der Waals surface area (Å²) in [5.41, 5.74) is 2.44. The lowest BCUT2D eigenvalue weighted by Gasteiger charge is -2.27. The molecule has 0 aliphatic heterocycles. The van der Waals surface area contributed by atoms with Gasteiger partial charge in [0.15, 0.2) is 5.96 Å². The van der Waals surface area contributed by atoms with Crippen LogP contribution in [0.2, 0.25) is 0 Å². The largest absolute Gasteiger partial charge is 0.354 e. The van der Waals surface area contributed by atoms with E-state index in [2.05, 4.69) is 82.5 Å². The van der Waals surface area contributed by atoms with Gasteiger partial charge in [0.2, 0.25) is 0 Å². The van der Waals surface area contributed by atoms with Crippen molar-refractivity contribution in [2.75, 3.05) is 34.7 Å². The lowest BCUT2D eigenvalue weighted by atomic mass is 10.1. The van der Waals surface area contributed by atoms with Crippen LogP contribution >= 0.6 is 0 Å². The molecular weight excluding hydrogens is 302 g/mol. The summed E-state index contributed by atoms with van der Waals surface area (Å²) in [6.07, 6.45) is 6.04.